The third kappa shape index (κ3) is 8.18. The highest BCUT2D eigenvalue weighted by atomic mass is 15.2. The molecule has 0 atom stereocenters. The zero-order chi connectivity index (χ0) is 16.7. The van der Waals surface area contributed by atoms with Crippen LogP contribution in [0.15, 0.2) is 0 Å². The van der Waals surface area contributed by atoms with E-state index in [1.54, 1.807) is 0 Å². The highest BCUT2D eigenvalue weighted by molar-refractivity contribution is 4.78. The Balaban J connectivity index is 4.35. The average molecular weight is 300 g/mol. The quantitative estimate of drug-likeness (QED) is 0.644. The second-order valence-corrected chi connectivity index (χ2v) is 7.94. The smallest absolute Gasteiger partial charge is 0.0125 e. The SMILES string of the molecule is CCN(CCN(CC)C(C)(C)C)CCN(CC)C(C)(C)C. The molecule has 0 aliphatic carbocycles. The molecule has 3 nitrogen and oxygen atoms in total. The number of rotatable bonds is 9. The Hall–Kier alpha value is -0.120. The highest BCUT2D eigenvalue weighted by Gasteiger charge is 2.21. The van der Waals surface area contributed by atoms with Gasteiger partial charge in [-0.3, -0.25) is 9.80 Å². The van der Waals surface area contributed by atoms with Crippen molar-refractivity contribution in [3.05, 3.63) is 0 Å². The Morgan fingerprint density at radius 1 is 0.524 bits per heavy atom. The highest BCUT2D eigenvalue weighted by Crippen LogP contribution is 2.14. The van der Waals surface area contributed by atoms with E-state index in [1.807, 2.05) is 0 Å². The maximum Gasteiger partial charge on any atom is 0.0125 e. The minimum Gasteiger partial charge on any atom is -0.301 e. The molecule has 0 N–H and O–H groups in total. The molecule has 0 rings (SSSR count). The first-order valence-corrected chi connectivity index (χ1v) is 8.78. The van der Waals surface area contributed by atoms with Gasteiger partial charge in [-0.05, 0) is 61.2 Å². The third-order valence-electron chi connectivity index (χ3n) is 4.48. The first-order valence-electron chi connectivity index (χ1n) is 8.78. The van der Waals surface area contributed by atoms with E-state index >= 15 is 0 Å². The van der Waals surface area contributed by atoms with E-state index in [-0.39, 0.29) is 11.1 Å². The van der Waals surface area contributed by atoms with E-state index in [1.165, 1.54) is 13.1 Å². The summed E-state index contributed by atoms with van der Waals surface area (Å²) in [7, 11) is 0. The maximum atomic E-state index is 2.59. The monoisotopic (exact) mass is 299 g/mol. The van der Waals surface area contributed by atoms with Crippen molar-refractivity contribution < 1.29 is 0 Å². The normalized spacial score (nSPS) is 13.7. The molecule has 0 amide bonds. The first kappa shape index (κ1) is 20.9. The van der Waals surface area contributed by atoms with Crippen LogP contribution in [0.4, 0.5) is 0 Å². The van der Waals surface area contributed by atoms with Gasteiger partial charge in [0.15, 0.2) is 0 Å². The van der Waals surface area contributed by atoms with E-state index in [0.717, 1.165) is 32.7 Å². The van der Waals surface area contributed by atoms with Gasteiger partial charge in [0.1, 0.15) is 0 Å². The minimum absolute atomic E-state index is 0.273. The Morgan fingerprint density at radius 2 is 0.857 bits per heavy atom. The van der Waals surface area contributed by atoms with Gasteiger partial charge in [0.05, 0.1) is 0 Å². The molecule has 0 aliphatic heterocycles. The van der Waals surface area contributed by atoms with Crippen molar-refractivity contribution >= 4 is 0 Å². The fraction of sp³-hybridized carbons (Fsp3) is 1.00. The molecular weight excluding hydrogens is 258 g/mol. The van der Waals surface area contributed by atoms with Gasteiger partial charge >= 0.3 is 0 Å². The average Bonchev–Trinajstić information content (AvgIpc) is 2.34. The molecule has 0 aromatic carbocycles. The van der Waals surface area contributed by atoms with E-state index < -0.39 is 0 Å². The van der Waals surface area contributed by atoms with E-state index in [4.69, 9.17) is 0 Å². The second-order valence-electron chi connectivity index (χ2n) is 7.94. The summed E-state index contributed by atoms with van der Waals surface area (Å²) in [5.74, 6) is 0. The lowest BCUT2D eigenvalue weighted by molar-refractivity contribution is 0.100. The molecule has 0 aliphatic rings. The summed E-state index contributed by atoms with van der Waals surface area (Å²) >= 11 is 0. The molecule has 0 aromatic rings. The molecule has 0 radical (unpaired) electrons. The van der Waals surface area contributed by atoms with Crippen LogP contribution < -0.4 is 0 Å². The van der Waals surface area contributed by atoms with E-state index in [9.17, 15) is 0 Å². The van der Waals surface area contributed by atoms with Gasteiger partial charge in [-0.2, -0.15) is 0 Å². The molecule has 128 valence electrons. The molecular formula is C18H41N3. The van der Waals surface area contributed by atoms with Gasteiger partial charge in [0.25, 0.3) is 0 Å². The van der Waals surface area contributed by atoms with Crippen LogP contribution in [-0.4, -0.2) is 71.6 Å². The van der Waals surface area contributed by atoms with E-state index in [0.29, 0.717) is 0 Å². The van der Waals surface area contributed by atoms with Gasteiger partial charge in [-0.25, -0.2) is 0 Å². The van der Waals surface area contributed by atoms with Crippen molar-refractivity contribution in [2.45, 2.75) is 73.4 Å². The number of nitrogens with zero attached hydrogens (tertiary/aromatic N) is 3. The lowest BCUT2D eigenvalue weighted by Crippen LogP contribution is -2.48. The lowest BCUT2D eigenvalue weighted by atomic mass is 10.1. The predicted octanol–water partition coefficient (Wildman–Crippen LogP) is 3.55. The molecule has 0 spiro atoms. The molecule has 0 unspecified atom stereocenters. The van der Waals surface area contributed by atoms with Gasteiger partial charge < -0.3 is 4.90 Å². The summed E-state index contributed by atoms with van der Waals surface area (Å²) in [5.41, 5.74) is 0.546. The van der Waals surface area contributed by atoms with Crippen LogP contribution >= 0.6 is 0 Å². The summed E-state index contributed by atoms with van der Waals surface area (Å²) in [4.78, 5) is 7.72. The minimum atomic E-state index is 0.273. The second kappa shape index (κ2) is 9.12. The zero-order valence-electron chi connectivity index (χ0n) is 16.3. The van der Waals surface area contributed by atoms with Crippen molar-refractivity contribution in [3.63, 3.8) is 0 Å². The van der Waals surface area contributed by atoms with Gasteiger partial charge in [0, 0.05) is 37.3 Å². The van der Waals surface area contributed by atoms with Gasteiger partial charge in [-0.1, -0.05) is 20.8 Å². The van der Waals surface area contributed by atoms with E-state index in [2.05, 4.69) is 77.0 Å². The summed E-state index contributed by atoms with van der Waals surface area (Å²) in [6, 6.07) is 0. The largest absolute Gasteiger partial charge is 0.301 e. The standard InChI is InChI=1S/C18H41N3/c1-10-19(13-15-20(11-2)17(4,5)6)14-16-21(12-3)18(7,8)9/h10-16H2,1-9H3. The summed E-state index contributed by atoms with van der Waals surface area (Å²) < 4.78 is 0. The molecule has 0 bridgehead atoms. The predicted molar refractivity (Wildman–Crippen MR) is 96.1 cm³/mol. The Kier molecular flexibility index (Phi) is 9.06. The Bertz CT molecular complexity index is 237. The van der Waals surface area contributed by atoms with Crippen LogP contribution in [0, 0.1) is 0 Å². The van der Waals surface area contributed by atoms with Crippen molar-refractivity contribution in [1.82, 2.24) is 14.7 Å². The van der Waals surface area contributed by atoms with Gasteiger partial charge in [-0.15, -0.1) is 0 Å². The molecule has 0 saturated heterocycles. The summed E-state index contributed by atoms with van der Waals surface area (Å²) in [5, 5.41) is 0. The summed E-state index contributed by atoms with van der Waals surface area (Å²) in [6.45, 7) is 28.7. The Morgan fingerprint density at radius 3 is 1.05 bits per heavy atom. The van der Waals surface area contributed by atoms with Crippen molar-refractivity contribution in [3.8, 4) is 0 Å². The first-order chi connectivity index (χ1) is 9.56. The van der Waals surface area contributed by atoms with Crippen molar-refractivity contribution in [2.75, 3.05) is 45.8 Å². The summed E-state index contributed by atoms with van der Waals surface area (Å²) in [6.07, 6.45) is 0. The zero-order valence-corrected chi connectivity index (χ0v) is 16.3. The molecule has 3 heteroatoms. The van der Waals surface area contributed by atoms with Gasteiger partial charge in [0.2, 0.25) is 0 Å². The molecule has 21 heavy (non-hydrogen) atoms. The maximum absolute atomic E-state index is 2.59. The fourth-order valence-corrected chi connectivity index (χ4v) is 2.89. The van der Waals surface area contributed by atoms with Crippen LogP contribution in [0.5, 0.6) is 0 Å². The Labute approximate surface area is 134 Å². The third-order valence-corrected chi connectivity index (χ3v) is 4.48. The molecule has 0 heterocycles. The van der Waals surface area contributed by atoms with Crippen LogP contribution in [0.3, 0.4) is 0 Å². The van der Waals surface area contributed by atoms with Crippen LogP contribution in [0.25, 0.3) is 0 Å². The topological polar surface area (TPSA) is 9.72 Å². The molecule has 0 saturated carbocycles. The fourth-order valence-electron chi connectivity index (χ4n) is 2.89. The van der Waals surface area contributed by atoms with Crippen LogP contribution in [0.2, 0.25) is 0 Å². The van der Waals surface area contributed by atoms with Crippen LogP contribution in [0.1, 0.15) is 62.3 Å². The lowest BCUT2D eigenvalue weighted by Gasteiger charge is -2.38. The molecule has 0 fully saturated rings. The van der Waals surface area contributed by atoms with Crippen LogP contribution in [-0.2, 0) is 0 Å². The molecule has 0 aromatic heterocycles. The van der Waals surface area contributed by atoms with Crippen molar-refractivity contribution in [1.29, 1.82) is 0 Å². The number of hydrogen-bond donors (Lipinski definition) is 0. The van der Waals surface area contributed by atoms with Crippen molar-refractivity contribution in [2.24, 2.45) is 0 Å². The number of likely N-dealkylation sites (N-methyl/N-ethyl adjacent to an activating group) is 3. The number of hydrogen-bond acceptors (Lipinski definition) is 3.